The Morgan fingerprint density at radius 3 is 2.44 bits per heavy atom. The molecule has 2 aliphatic heterocycles. The highest BCUT2D eigenvalue weighted by atomic mass is 19.1. The standard InChI is InChI=1S/C32H40F3N3O3/c1-19-14-23-22-11-7-8-12-26(22)36-28(23)29(38(19)18-32(5,6)35)27-24(33)15-21(16-25(27)34)40-20-10-9-13-37(17-20)30(39)41-31(2,3)4/h7-8,11-12,15-16,19-20,29,36H,9-10,13-14,17-18H2,1-6H3/t19-,20+,29-/m1/s1. The molecule has 1 aromatic heterocycles. The highest BCUT2D eigenvalue weighted by Crippen LogP contribution is 2.44. The number of benzene rings is 2. The number of hydrogen-bond donors (Lipinski definition) is 1. The van der Waals surface area contributed by atoms with E-state index in [0.29, 0.717) is 31.5 Å². The maximum Gasteiger partial charge on any atom is 0.410 e. The Bertz CT molecular complexity index is 1400. The Hall–Kier alpha value is -3.20. The van der Waals surface area contributed by atoms with Crippen LogP contribution in [0, 0.1) is 11.6 Å². The third-order valence-corrected chi connectivity index (χ3v) is 7.73. The number of hydrogen-bond acceptors (Lipinski definition) is 4. The number of amides is 1. The van der Waals surface area contributed by atoms with Gasteiger partial charge in [-0.3, -0.25) is 4.90 Å². The molecule has 0 radical (unpaired) electrons. The number of nitrogens with zero attached hydrogens (tertiary/aromatic N) is 2. The third-order valence-electron chi connectivity index (χ3n) is 7.73. The van der Waals surface area contributed by atoms with Gasteiger partial charge in [0.25, 0.3) is 0 Å². The largest absolute Gasteiger partial charge is 0.488 e. The van der Waals surface area contributed by atoms with Crippen molar-refractivity contribution in [1.82, 2.24) is 14.8 Å². The summed E-state index contributed by atoms with van der Waals surface area (Å²) in [6.07, 6.45) is 1.09. The summed E-state index contributed by atoms with van der Waals surface area (Å²) >= 11 is 0. The van der Waals surface area contributed by atoms with Crippen LogP contribution in [0.1, 0.15) is 77.2 Å². The van der Waals surface area contributed by atoms with Crippen LogP contribution in [-0.4, -0.2) is 63.9 Å². The number of para-hydroxylation sites is 1. The number of aromatic amines is 1. The molecule has 0 unspecified atom stereocenters. The summed E-state index contributed by atoms with van der Waals surface area (Å²) in [6, 6.07) is 9.19. The monoisotopic (exact) mass is 571 g/mol. The van der Waals surface area contributed by atoms with Gasteiger partial charge in [0.05, 0.1) is 12.6 Å². The van der Waals surface area contributed by atoms with Crippen LogP contribution in [0.4, 0.5) is 18.0 Å². The fourth-order valence-electron chi connectivity index (χ4n) is 6.11. The van der Waals surface area contributed by atoms with Crippen LogP contribution in [-0.2, 0) is 11.2 Å². The zero-order valence-corrected chi connectivity index (χ0v) is 24.7. The third kappa shape index (κ3) is 6.35. The molecule has 3 atom stereocenters. The number of carbonyl (C=O) groups is 1. The number of alkyl halides is 1. The summed E-state index contributed by atoms with van der Waals surface area (Å²) in [5, 5.41) is 1.01. The number of aromatic nitrogens is 1. The Morgan fingerprint density at radius 2 is 1.78 bits per heavy atom. The lowest BCUT2D eigenvalue weighted by atomic mass is 9.87. The Labute approximate surface area is 239 Å². The van der Waals surface area contributed by atoms with Gasteiger partial charge in [-0.25, -0.2) is 18.0 Å². The van der Waals surface area contributed by atoms with Crippen LogP contribution in [0.15, 0.2) is 36.4 Å². The first-order valence-corrected chi connectivity index (χ1v) is 14.4. The minimum absolute atomic E-state index is 0.00729. The maximum absolute atomic E-state index is 16.0. The minimum Gasteiger partial charge on any atom is -0.488 e. The molecule has 3 aromatic rings. The lowest BCUT2D eigenvalue weighted by Crippen LogP contribution is -2.48. The van der Waals surface area contributed by atoms with Gasteiger partial charge in [-0.1, -0.05) is 18.2 Å². The number of carbonyl (C=O) groups excluding carboxylic acids is 1. The predicted octanol–water partition coefficient (Wildman–Crippen LogP) is 7.31. The quantitative estimate of drug-likeness (QED) is 0.349. The molecule has 0 aliphatic carbocycles. The molecule has 1 saturated heterocycles. The molecular weight excluding hydrogens is 531 g/mol. The molecule has 5 rings (SSSR count). The van der Waals surface area contributed by atoms with E-state index in [1.54, 1.807) is 25.7 Å². The summed E-state index contributed by atoms with van der Waals surface area (Å²) in [4.78, 5) is 19.4. The molecule has 0 spiro atoms. The average molecular weight is 572 g/mol. The van der Waals surface area contributed by atoms with Crippen molar-refractivity contribution in [3.63, 3.8) is 0 Å². The smallest absolute Gasteiger partial charge is 0.410 e. The molecule has 41 heavy (non-hydrogen) atoms. The average Bonchev–Trinajstić information content (AvgIpc) is 3.22. The molecule has 1 N–H and O–H groups in total. The van der Waals surface area contributed by atoms with E-state index < -0.39 is 41.1 Å². The summed E-state index contributed by atoms with van der Waals surface area (Å²) in [7, 11) is 0. The van der Waals surface area contributed by atoms with Crippen LogP contribution in [0.2, 0.25) is 0 Å². The van der Waals surface area contributed by atoms with E-state index in [0.717, 1.165) is 16.5 Å². The van der Waals surface area contributed by atoms with E-state index in [9.17, 15) is 4.79 Å². The molecule has 0 saturated carbocycles. The predicted molar refractivity (Wildman–Crippen MR) is 153 cm³/mol. The molecule has 1 fully saturated rings. The van der Waals surface area contributed by atoms with Crippen LogP contribution in [0.3, 0.4) is 0 Å². The molecule has 3 heterocycles. The van der Waals surface area contributed by atoms with E-state index in [4.69, 9.17) is 9.47 Å². The van der Waals surface area contributed by atoms with Gasteiger partial charge in [0.15, 0.2) is 0 Å². The normalized spacial score (nSPS) is 22.1. The maximum atomic E-state index is 16.0. The fraction of sp³-hybridized carbons (Fsp3) is 0.531. The fourth-order valence-corrected chi connectivity index (χ4v) is 6.11. The number of piperidine rings is 1. The van der Waals surface area contributed by atoms with E-state index in [1.165, 1.54) is 26.0 Å². The molecule has 2 aromatic carbocycles. The van der Waals surface area contributed by atoms with Gasteiger partial charge in [0.1, 0.15) is 34.8 Å². The van der Waals surface area contributed by atoms with Crippen LogP contribution in [0.25, 0.3) is 10.9 Å². The number of H-pyrrole nitrogens is 1. The Morgan fingerprint density at radius 1 is 1.10 bits per heavy atom. The van der Waals surface area contributed by atoms with E-state index in [2.05, 4.69) is 4.98 Å². The van der Waals surface area contributed by atoms with Crippen molar-refractivity contribution in [2.75, 3.05) is 19.6 Å². The number of ether oxygens (including phenoxy) is 2. The zero-order valence-electron chi connectivity index (χ0n) is 24.7. The molecule has 9 heteroatoms. The van der Waals surface area contributed by atoms with Crippen molar-refractivity contribution in [1.29, 1.82) is 0 Å². The highest BCUT2D eigenvalue weighted by molar-refractivity contribution is 5.85. The van der Waals surface area contributed by atoms with Crippen LogP contribution >= 0.6 is 0 Å². The van der Waals surface area contributed by atoms with Crippen molar-refractivity contribution in [3.8, 4) is 5.75 Å². The number of halogens is 3. The molecule has 1 amide bonds. The zero-order chi connectivity index (χ0) is 29.7. The second-order valence-corrected chi connectivity index (χ2v) is 13.0. The lowest BCUT2D eigenvalue weighted by molar-refractivity contribution is 0.00766. The molecule has 0 bridgehead atoms. The summed E-state index contributed by atoms with van der Waals surface area (Å²) in [5.74, 6) is -1.46. The molecule has 222 valence electrons. The highest BCUT2D eigenvalue weighted by Gasteiger charge is 2.41. The summed E-state index contributed by atoms with van der Waals surface area (Å²) in [6.45, 7) is 11.1. The van der Waals surface area contributed by atoms with Gasteiger partial charge in [0.2, 0.25) is 0 Å². The first-order chi connectivity index (χ1) is 19.2. The SMILES string of the molecule is C[C@@H]1Cc2c([nH]c3ccccc23)[C@@H](c2c(F)cc(O[C@H]3CCCN(C(=O)OC(C)(C)C)C3)cc2F)N1CC(C)(C)F. The lowest BCUT2D eigenvalue weighted by Gasteiger charge is -2.43. The van der Waals surface area contributed by atoms with Gasteiger partial charge in [-0.05, 0) is 72.4 Å². The van der Waals surface area contributed by atoms with Crippen LogP contribution < -0.4 is 4.74 Å². The molecular formula is C32H40F3N3O3. The molecule has 2 aliphatic rings. The number of fused-ring (bicyclic) bond motifs is 3. The Balaban J connectivity index is 1.46. The van der Waals surface area contributed by atoms with E-state index >= 15 is 13.2 Å². The number of rotatable bonds is 5. The minimum atomic E-state index is -1.58. The van der Waals surface area contributed by atoms with Gasteiger partial charge >= 0.3 is 6.09 Å². The van der Waals surface area contributed by atoms with Crippen molar-refractivity contribution in [2.45, 2.75) is 90.3 Å². The van der Waals surface area contributed by atoms with E-state index in [1.807, 2.05) is 36.1 Å². The Kier molecular flexibility index (Phi) is 7.78. The molecule has 6 nitrogen and oxygen atoms in total. The van der Waals surface area contributed by atoms with Gasteiger partial charge in [-0.15, -0.1) is 0 Å². The first kappa shape index (κ1) is 29.3. The number of nitrogens with one attached hydrogen (secondary N) is 1. The van der Waals surface area contributed by atoms with Crippen molar-refractivity contribution >= 4 is 17.0 Å². The van der Waals surface area contributed by atoms with Crippen molar-refractivity contribution in [3.05, 3.63) is 64.9 Å². The van der Waals surface area contributed by atoms with Crippen molar-refractivity contribution in [2.24, 2.45) is 0 Å². The van der Waals surface area contributed by atoms with Crippen LogP contribution in [0.5, 0.6) is 5.75 Å². The summed E-state index contributed by atoms with van der Waals surface area (Å²) < 4.78 is 58.5. The van der Waals surface area contributed by atoms with Gasteiger partial charge in [-0.2, -0.15) is 0 Å². The number of likely N-dealkylation sites (tertiary alicyclic amines) is 1. The van der Waals surface area contributed by atoms with Gasteiger partial charge < -0.3 is 19.4 Å². The van der Waals surface area contributed by atoms with Gasteiger partial charge in [0, 0.05) is 53.4 Å². The summed E-state index contributed by atoms with van der Waals surface area (Å²) in [5.41, 5.74) is 0.214. The van der Waals surface area contributed by atoms with Crippen molar-refractivity contribution < 1.29 is 27.4 Å². The topological polar surface area (TPSA) is 57.8 Å². The first-order valence-electron chi connectivity index (χ1n) is 14.4. The second-order valence-electron chi connectivity index (χ2n) is 13.0. The van der Waals surface area contributed by atoms with E-state index in [-0.39, 0.29) is 30.4 Å². The second kappa shape index (κ2) is 10.9.